The topological polar surface area (TPSA) is 76.5 Å². The number of hydrogen-bond acceptors (Lipinski definition) is 5. The minimum Gasteiger partial charge on any atom is -0.395 e. The second kappa shape index (κ2) is 5.51. The van der Waals surface area contributed by atoms with Gasteiger partial charge in [0, 0.05) is 6.04 Å². The van der Waals surface area contributed by atoms with Crippen molar-refractivity contribution in [3.8, 4) is 0 Å². The Hall–Kier alpha value is -0.200. The van der Waals surface area contributed by atoms with Crippen molar-refractivity contribution in [2.24, 2.45) is 0 Å². The summed E-state index contributed by atoms with van der Waals surface area (Å²) in [5.74, 6) is 0. The number of aliphatic hydroxyl groups excluding tert-OH is 1. The molecule has 0 saturated heterocycles. The molecule has 0 saturated carbocycles. The molecule has 0 aromatic rings. The van der Waals surface area contributed by atoms with Gasteiger partial charge < -0.3 is 20.8 Å². The van der Waals surface area contributed by atoms with Crippen LogP contribution in [-0.4, -0.2) is 55.8 Å². The van der Waals surface area contributed by atoms with Gasteiger partial charge in [-0.15, -0.1) is 0 Å². The van der Waals surface area contributed by atoms with Crippen molar-refractivity contribution < 1.29 is 10.2 Å². The van der Waals surface area contributed by atoms with Gasteiger partial charge in [0.2, 0.25) is 0 Å². The van der Waals surface area contributed by atoms with Gasteiger partial charge in [0.25, 0.3) is 0 Å². The molecule has 0 spiro atoms. The third kappa shape index (κ3) is 2.62. The average molecular weight is 191 g/mol. The Morgan fingerprint density at radius 3 is 2.00 bits per heavy atom. The summed E-state index contributed by atoms with van der Waals surface area (Å²) in [5, 5.41) is 27.8. The summed E-state index contributed by atoms with van der Waals surface area (Å²) in [4.78, 5) is 0. The molecule has 0 radical (unpaired) electrons. The minimum atomic E-state index is -1.15. The zero-order chi connectivity index (χ0) is 10.5. The Kier molecular flexibility index (Phi) is 5.43. The Morgan fingerprint density at radius 1 is 1.23 bits per heavy atom. The maximum atomic E-state index is 10.2. The molecule has 0 aromatic heterocycles. The Morgan fingerprint density at radius 2 is 1.77 bits per heavy atom. The first kappa shape index (κ1) is 12.8. The molecule has 0 fully saturated rings. The first-order valence-corrected chi connectivity index (χ1v) is 4.43. The Bertz CT molecular complexity index is 141. The van der Waals surface area contributed by atoms with Gasteiger partial charge in [-0.25, -0.2) is 0 Å². The van der Waals surface area contributed by atoms with Gasteiger partial charge in [-0.1, -0.05) is 0 Å². The summed E-state index contributed by atoms with van der Waals surface area (Å²) >= 11 is 0. The van der Waals surface area contributed by atoms with Crippen LogP contribution in [0.1, 0.15) is 6.92 Å². The maximum Gasteiger partial charge on any atom is 0.148 e. The van der Waals surface area contributed by atoms with Crippen LogP contribution in [0.25, 0.3) is 0 Å². The molecule has 0 aliphatic heterocycles. The molecular formula is C8H21N3O2. The highest BCUT2D eigenvalue weighted by Crippen LogP contribution is 2.11. The van der Waals surface area contributed by atoms with Gasteiger partial charge in [0.15, 0.2) is 0 Å². The van der Waals surface area contributed by atoms with Crippen LogP contribution < -0.4 is 16.0 Å². The molecule has 0 heterocycles. The fourth-order valence-electron chi connectivity index (χ4n) is 1.36. The number of hydrogen-bond donors (Lipinski definition) is 5. The van der Waals surface area contributed by atoms with Gasteiger partial charge in [-0.3, -0.25) is 5.32 Å². The van der Waals surface area contributed by atoms with Crippen molar-refractivity contribution in [2.75, 3.05) is 27.7 Å². The molecule has 13 heavy (non-hydrogen) atoms. The second-order valence-electron chi connectivity index (χ2n) is 3.11. The van der Waals surface area contributed by atoms with Crippen LogP contribution in [0.15, 0.2) is 0 Å². The molecule has 5 N–H and O–H groups in total. The molecule has 5 heteroatoms. The third-order valence-corrected chi connectivity index (χ3v) is 2.56. The van der Waals surface area contributed by atoms with Crippen LogP contribution in [0.4, 0.5) is 0 Å². The van der Waals surface area contributed by atoms with Crippen molar-refractivity contribution >= 4 is 0 Å². The molecule has 0 bridgehead atoms. The first-order chi connectivity index (χ1) is 6.06. The lowest BCUT2D eigenvalue weighted by Crippen LogP contribution is -2.68. The zero-order valence-corrected chi connectivity index (χ0v) is 8.76. The lowest BCUT2D eigenvalue weighted by atomic mass is 9.97. The van der Waals surface area contributed by atoms with E-state index in [4.69, 9.17) is 5.11 Å². The van der Waals surface area contributed by atoms with E-state index in [0.29, 0.717) is 0 Å². The average Bonchev–Trinajstić information content (AvgIpc) is 2.17. The predicted octanol–water partition coefficient (Wildman–Crippen LogP) is -1.92. The van der Waals surface area contributed by atoms with Crippen molar-refractivity contribution in [3.63, 3.8) is 0 Å². The molecule has 0 aliphatic carbocycles. The monoisotopic (exact) mass is 191 g/mol. The van der Waals surface area contributed by atoms with Crippen molar-refractivity contribution in [1.82, 2.24) is 16.0 Å². The van der Waals surface area contributed by atoms with Gasteiger partial charge in [-0.2, -0.15) is 0 Å². The Labute approximate surface area is 79.5 Å². The fourth-order valence-corrected chi connectivity index (χ4v) is 1.36. The molecule has 3 unspecified atom stereocenters. The van der Waals surface area contributed by atoms with Gasteiger partial charge in [-0.05, 0) is 28.1 Å². The van der Waals surface area contributed by atoms with E-state index in [0.717, 1.165) is 0 Å². The van der Waals surface area contributed by atoms with Crippen molar-refractivity contribution in [2.45, 2.75) is 24.7 Å². The van der Waals surface area contributed by atoms with Gasteiger partial charge in [0.05, 0.1) is 12.6 Å². The smallest absolute Gasteiger partial charge is 0.148 e. The summed E-state index contributed by atoms with van der Waals surface area (Å²) in [5.41, 5.74) is -1.15. The highest BCUT2D eigenvalue weighted by Gasteiger charge is 2.38. The molecule has 0 amide bonds. The van der Waals surface area contributed by atoms with Crippen LogP contribution in [0, 0.1) is 0 Å². The van der Waals surface area contributed by atoms with Crippen LogP contribution in [0.2, 0.25) is 0 Å². The van der Waals surface area contributed by atoms with Gasteiger partial charge >= 0.3 is 0 Å². The number of likely N-dealkylation sites (N-methyl/N-ethyl adjacent to an activating group) is 3. The third-order valence-electron chi connectivity index (χ3n) is 2.56. The maximum absolute atomic E-state index is 10.2. The molecule has 5 nitrogen and oxygen atoms in total. The van der Waals surface area contributed by atoms with Crippen LogP contribution >= 0.6 is 0 Å². The molecule has 0 aliphatic rings. The summed E-state index contributed by atoms with van der Waals surface area (Å²) in [6, 6.07) is -0.568. The number of rotatable bonds is 6. The Balaban J connectivity index is 4.57. The molecule has 0 aromatic carbocycles. The van der Waals surface area contributed by atoms with Gasteiger partial charge in [0.1, 0.15) is 5.72 Å². The van der Waals surface area contributed by atoms with E-state index in [1.165, 1.54) is 0 Å². The van der Waals surface area contributed by atoms with E-state index < -0.39 is 11.8 Å². The zero-order valence-electron chi connectivity index (χ0n) is 8.76. The lowest BCUT2D eigenvalue weighted by Gasteiger charge is -2.39. The quantitative estimate of drug-likeness (QED) is 0.317. The van der Waals surface area contributed by atoms with E-state index >= 15 is 0 Å². The van der Waals surface area contributed by atoms with E-state index in [1.807, 2.05) is 6.92 Å². The molecule has 0 rings (SSSR count). The van der Waals surface area contributed by atoms with E-state index in [-0.39, 0.29) is 12.6 Å². The van der Waals surface area contributed by atoms with E-state index in [1.54, 1.807) is 21.1 Å². The number of aliphatic hydroxyl groups is 2. The molecular weight excluding hydrogens is 170 g/mol. The van der Waals surface area contributed by atoms with E-state index in [2.05, 4.69) is 16.0 Å². The second-order valence-corrected chi connectivity index (χ2v) is 3.11. The lowest BCUT2D eigenvalue weighted by molar-refractivity contribution is -0.0612. The van der Waals surface area contributed by atoms with Crippen LogP contribution in [-0.2, 0) is 0 Å². The first-order valence-electron chi connectivity index (χ1n) is 4.43. The number of nitrogens with one attached hydrogen (secondary N) is 3. The van der Waals surface area contributed by atoms with Crippen molar-refractivity contribution in [1.29, 1.82) is 0 Å². The largest absolute Gasteiger partial charge is 0.395 e. The predicted molar refractivity (Wildman–Crippen MR) is 52.5 cm³/mol. The minimum absolute atomic E-state index is 0.125. The van der Waals surface area contributed by atoms with Crippen molar-refractivity contribution in [3.05, 3.63) is 0 Å². The standard InChI is InChI=1S/C8H21N3O2/c1-6(9-2)8(13,11-4)7(5-12)10-3/h6-7,9-13H,5H2,1-4H3. The molecule has 80 valence electrons. The normalized spacial score (nSPS) is 20.8. The summed E-state index contributed by atoms with van der Waals surface area (Å²) < 4.78 is 0. The van der Waals surface area contributed by atoms with Crippen LogP contribution in [0.5, 0.6) is 0 Å². The fraction of sp³-hybridized carbons (Fsp3) is 1.00. The highest BCUT2D eigenvalue weighted by atomic mass is 16.3. The summed E-state index contributed by atoms with van der Waals surface area (Å²) in [6.07, 6.45) is 0. The molecule has 3 atom stereocenters. The van der Waals surface area contributed by atoms with Crippen LogP contribution in [0.3, 0.4) is 0 Å². The van der Waals surface area contributed by atoms with E-state index in [9.17, 15) is 5.11 Å². The summed E-state index contributed by atoms with van der Waals surface area (Å²) in [6.45, 7) is 1.72. The highest BCUT2D eigenvalue weighted by molar-refractivity contribution is 4.94. The SMILES string of the molecule is CNC(C)C(O)(NC)C(CO)NC. The summed E-state index contributed by atoms with van der Waals surface area (Å²) in [7, 11) is 5.12.